The van der Waals surface area contributed by atoms with Crippen molar-refractivity contribution in [3.63, 3.8) is 0 Å². The first-order valence-electron chi connectivity index (χ1n) is 9.62. The van der Waals surface area contributed by atoms with Gasteiger partial charge in [0.25, 0.3) is 11.6 Å². The summed E-state index contributed by atoms with van der Waals surface area (Å²) in [5.74, 6) is -0.709. The van der Waals surface area contributed by atoms with Crippen LogP contribution in [0.2, 0.25) is 0 Å². The first-order chi connectivity index (χ1) is 14.6. The van der Waals surface area contributed by atoms with Crippen molar-refractivity contribution in [2.75, 3.05) is 9.80 Å². The molecule has 0 aliphatic carbocycles. The highest BCUT2D eigenvalue weighted by molar-refractivity contribution is 6.30. The van der Waals surface area contributed by atoms with E-state index in [0.29, 0.717) is 22.3 Å². The van der Waals surface area contributed by atoms with Gasteiger partial charge in [0.1, 0.15) is 0 Å². The van der Waals surface area contributed by atoms with Gasteiger partial charge in [-0.1, -0.05) is 78.9 Å². The molecular weight excluding hydrogens is 376 g/mol. The smallest absolute Gasteiger partial charge is 0.339 e. The van der Waals surface area contributed by atoms with Gasteiger partial charge < -0.3 is 5.11 Å². The first kappa shape index (κ1) is 18.1. The van der Waals surface area contributed by atoms with Crippen LogP contribution in [-0.4, -0.2) is 17.0 Å². The minimum atomic E-state index is -2.19. The number of benzene rings is 4. The van der Waals surface area contributed by atoms with E-state index in [2.05, 4.69) is 0 Å². The summed E-state index contributed by atoms with van der Waals surface area (Å²) in [5, 5.41) is 13.5. The van der Waals surface area contributed by atoms with E-state index in [-0.39, 0.29) is 0 Å². The fraction of sp³-hybridized carbons (Fsp3) is 0.0400. The number of carbonyl (C=O) groups excluding carboxylic acids is 2. The summed E-state index contributed by atoms with van der Waals surface area (Å²) in [7, 11) is 0. The number of hydrogen-bond acceptors (Lipinski definition) is 3. The van der Waals surface area contributed by atoms with Crippen molar-refractivity contribution in [3.8, 4) is 0 Å². The molecule has 4 aromatic carbocycles. The Balaban J connectivity index is 1.79. The van der Waals surface area contributed by atoms with Crippen molar-refractivity contribution < 1.29 is 14.7 Å². The highest BCUT2D eigenvalue weighted by Gasteiger charge is 2.59. The Kier molecular flexibility index (Phi) is 4.12. The van der Waals surface area contributed by atoms with Gasteiger partial charge in [-0.25, -0.2) is 9.69 Å². The zero-order chi connectivity index (χ0) is 20.7. The number of fused-ring (bicyclic) bond motifs is 1. The maximum Gasteiger partial charge on any atom is 0.339 e. The molecule has 0 aromatic heterocycles. The number of rotatable bonds is 3. The average Bonchev–Trinajstić information content (AvgIpc) is 3.00. The molecular formula is C25H18N2O3. The second-order valence-electron chi connectivity index (χ2n) is 7.13. The van der Waals surface area contributed by atoms with E-state index in [4.69, 9.17) is 0 Å². The third-order valence-corrected chi connectivity index (χ3v) is 5.40. The van der Waals surface area contributed by atoms with Gasteiger partial charge in [-0.2, -0.15) is 0 Å². The Labute approximate surface area is 173 Å². The molecule has 1 unspecified atom stereocenters. The molecule has 0 spiro atoms. The SMILES string of the molecule is O=C1N(c2ccccc2)C(=O)C(O)(c2cccc3ccccc23)N1c1ccccc1. The van der Waals surface area contributed by atoms with Crippen LogP contribution in [0.25, 0.3) is 10.8 Å². The van der Waals surface area contributed by atoms with Crippen LogP contribution in [-0.2, 0) is 10.5 Å². The van der Waals surface area contributed by atoms with Gasteiger partial charge in [-0.15, -0.1) is 0 Å². The zero-order valence-electron chi connectivity index (χ0n) is 16.0. The maximum absolute atomic E-state index is 13.7. The van der Waals surface area contributed by atoms with Crippen molar-refractivity contribution in [1.82, 2.24) is 0 Å². The van der Waals surface area contributed by atoms with Gasteiger partial charge >= 0.3 is 6.03 Å². The van der Waals surface area contributed by atoms with Crippen molar-refractivity contribution >= 4 is 34.1 Å². The van der Waals surface area contributed by atoms with Crippen LogP contribution in [0, 0.1) is 0 Å². The first-order valence-corrected chi connectivity index (χ1v) is 9.62. The molecule has 0 saturated carbocycles. The van der Waals surface area contributed by atoms with Gasteiger partial charge in [0, 0.05) is 11.3 Å². The number of urea groups is 1. The van der Waals surface area contributed by atoms with E-state index < -0.39 is 17.7 Å². The van der Waals surface area contributed by atoms with Crippen LogP contribution in [0.1, 0.15) is 5.56 Å². The normalized spacial score (nSPS) is 19.0. The molecule has 5 nitrogen and oxygen atoms in total. The largest absolute Gasteiger partial charge is 0.359 e. The van der Waals surface area contributed by atoms with E-state index in [9.17, 15) is 14.7 Å². The molecule has 146 valence electrons. The van der Waals surface area contributed by atoms with Gasteiger partial charge in [0.05, 0.1) is 5.69 Å². The van der Waals surface area contributed by atoms with Gasteiger partial charge in [0.15, 0.2) is 0 Å². The minimum absolute atomic E-state index is 0.362. The van der Waals surface area contributed by atoms with E-state index in [1.807, 2.05) is 36.4 Å². The summed E-state index contributed by atoms with van der Waals surface area (Å²) in [6.45, 7) is 0. The minimum Gasteiger partial charge on any atom is -0.359 e. The summed E-state index contributed by atoms with van der Waals surface area (Å²) in [5.41, 5.74) is -0.981. The Morgan fingerprint density at radius 3 is 1.90 bits per heavy atom. The van der Waals surface area contributed by atoms with Crippen molar-refractivity contribution in [1.29, 1.82) is 0 Å². The average molecular weight is 394 g/mol. The lowest BCUT2D eigenvalue weighted by atomic mass is 9.94. The number of hydrogen-bond donors (Lipinski definition) is 1. The van der Waals surface area contributed by atoms with Crippen LogP contribution in [0.4, 0.5) is 16.2 Å². The third kappa shape index (κ3) is 2.53. The molecule has 1 aliphatic heterocycles. The van der Waals surface area contributed by atoms with Crippen LogP contribution in [0.3, 0.4) is 0 Å². The standard InChI is InChI=1S/C25H18N2O3/c28-23-25(30,22-17-9-11-18-10-7-8-16-21(18)22)27(20-14-5-2-6-15-20)24(29)26(23)19-12-3-1-4-13-19/h1-17,30H. The lowest BCUT2D eigenvalue weighted by molar-refractivity contribution is -0.133. The molecule has 1 N–H and O–H groups in total. The summed E-state index contributed by atoms with van der Waals surface area (Å²) < 4.78 is 0. The predicted octanol–water partition coefficient (Wildman–Crippen LogP) is 4.66. The summed E-state index contributed by atoms with van der Waals surface area (Å²) in [4.78, 5) is 29.4. The molecule has 1 fully saturated rings. The number of para-hydroxylation sites is 2. The molecule has 0 radical (unpaired) electrons. The fourth-order valence-corrected chi connectivity index (χ4v) is 4.02. The Morgan fingerprint density at radius 1 is 0.633 bits per heavy atom. The summed E-state index contributed by atoms with van der Waals surface area (Å²) >= 11 is 0. The Hall–Kier alpha value is -3.96. The van der Waals surface area contributed by atoms with Crippen molar-refractivity contribution in [3.05, 3.63) is 109 Å². The maximum atomic E-state index is 13.7. The van der Waals surface area contributed by atoms with E-state index in [0.717, 1.165) is 10.3 Å². The Morgan fingerprint density at radius 2 is 1.20 bits per heavy atom. The van der Waals surface area contributed by atoms with Crippen LogP contribution < -0.4 is 9.80 Å². The van der Waals surface area contributed by atoms with Crippen molar-refractivity contribution in [2.24, 2.45) is 0 Å². The number of anilines is 2. The highest BCUT2D eigenvalue weighted by atomic mass is 16.3. The highest BCUT2D eigenvalue weighted by Crippen LogP contribution is 2.43. The number of nitrogens with zero attached hydrogens (tertiary/aromatic N) is 2. The lowest BCUT2D eigenvalue weighted by Gasteiger charge is -2.31. The Bertz CT molecular complexity index is 1250. The second-order valence-corrected chi connectivity index (χ2v) is 7.13. The van der Waals surface area contributed by atoms with Crippen molar-refractivity contribution in [2.45, 2.75) is 5.72 Å². The molecule has 0 bridgehead atoms. The molecule has 1 aliphatic rings. The third-order valence-electron chi connectivity index (χ3n) is 5.40. The molecule has 4 aromatic rings. The molecule has 3 amide bonds. The number of amides is 3. The van der Waals surface area contributed by atoms with E-state index in [1.54, 1.807) is 66.7 Å². The number of carbonyl (C=O) groups is 2. The molecule has 30 heavy (non-hydrogen) atoms. The van der Waals surface area contributed by atoms with Gasteiger partial charge in [-0.3, -0.25) is 9.69 Å². The van der Waals surface area contributed by atoms with Crippen LogP contribution >= 0.6 is 0 Å². The van der Waals surface area contributed by atoms with Crippen LogP contribution in [0.15, 0.2) is 103 Å². The molecule has 1 heterocycles. The van der Waals surface area contributed by atoms with Crippen LogP contribution in [0.5, 0.6) is 0 Å². The predicted molar refractivity (Wildman–Crippen MR) is 116 cm³/mol. The van der Waals surface area contributed by atoms with Gasteiger partial charge in [0.2, 0.25) is 0 Å². The fourth-order valence-electron chi connectivity index (χ4n) is 4.02. The summed E-state index contributed by atoms with van der Waals surface area (Å²) in [6, 6.07) is 29.7. The molecule has 1 atom stereocenters. The molecule has 1 saturated heterocycles. The number of aliphatic hydroxyl groups is 1. The second kappa shape index (κ2) is 6.83. The van der Waals surface area contributed by atoms with E-state index in [1.165, 1.54) is 4.90 Å². The summed E-state index contributed by atoms with van der Waals surface area (Å²) in [6.07, 6.45) is 0. The quantitative estimate of drug-likeness (QED) is 0.514. The number of imide groups is 1. The lowest BCUT2D eigenvalue weighted by Crippen LogP contribution is -2.47. The zero-order valence-corrected chi connectivity index (χ0v) is 16.0. The van der Waals surface area contributed by atoms with Gasteiger partial charge in [-0.05, 0) is 35.0 Å². The topological polar surface area (TPSA) is 60.9 Å². The van der Waals surface area contributed by atoms with E-state index >= 15 is 0 Å². The monoisotopic (exact) mass is 394 g/mol. The molecule has 5 heteroatoms. The molecule has 5 rings (SSSR count).